The van der Waals surface area contributed by atoms with Gasteiger partial charge in [-0.1, -0.05) is 33.1 Å². The van der Waals surface area contributed by atoms with Crippen LogP contribution in [0.2, 0.25) is 0 Å². The fraction of sp³-hybridized carbons (Fsp3) is 0.615. The monoisotopic (exact) mass is 319 g/mol. The van der Waals surface area contributed by atoms with E-state index >= 15 is 0 Å². The van der Waals surface area contributed by atoms with Gasteiger partial charge in [0.25, 0.3) is 0 Å². The Morgan fingerprint density at radius 1 is 1.40 bits per heavy atom. The van der Waals surface area contributed by atoms with E-state index in [1.807, 2.05) is 6.92 Å². The number of carboxylic acids is 1. The van der Waals surface area contributed by atoms with Crippen molar-refractivity contribution in [3.63, 3.8) is 0 Å². The van der Waals surface area contributed by atoms with Crippen molar-refractivity contribution in [2.24, 2.45) is 5.92 Å². The second kappa shape index (κ2) is 7.75. The van der Waals surface area contributed by atoms with E-state index in [0.717, 1.165) is 37.0 Å². The summed E-state index contributed by atoms with van der Waals surface area (Å²) in [6, 6.07) is 2.65. The number of carboxylic acid groups (broad SMARTS) is 1. The van der Waals surface area contributed by atoms with Crippen LogP contribution in [0.3, 0.4) is 0 Å². The quantitative estimate of drug-likeness (QED) is 0.733. The van der Waals surface area contributed by atoms with Crippen molar-refractivity contribution in [3.05, 3.63) is 17.0 Å². The van der Waals surface area contributed by atoms with Crippen molar-refractivity contribution >= 4 is 27.3 Å². The fourth-order valence-electron chi connectivity index (χ4n) is 1.82. The summed E-state index contributed by atoms with van der Waals surface area (Å²) in [4.78, 5) is 10.8. The van der Waals surface area contributed by atoms with Crippen LogP contribution in [0.15, 0.2) is 16.3 Å². The summed E-state index contributed by atoms with van der Waals surface area (Å²) in [6.07, 6.45) is 4.10. The lowest BCUT2D eigenvalue weighted by Gasteiger charge is -2.14. The van der Waals surface area contributed by atoms with Gasteiger partial charge in [0.15, 0.2) is 0 Å². The Bertz CT molecular complexity index is 536. The zero-order valence-corrected chi connectivity index (χ0v) is 13.4. The van der Waals surface area contributed by atoms with Crippen molar-refractivity contribution in [2.75, 3.05) is 6.54 Å². The van der Waals surface area contributed by atoms with Crippen LogP contribution in [-0.2, 0) is 10.0 Å². The highest BCUT2D eigenvalue weighted by Crippen LogP contribution is 2.22. The maximum Gasteiger partial charge on any atom is 0.345 e. The van der Waals surface area contributed by atoms with Crippen LogP contribution in [0, 0.1) is 5.92 Å². The zero-order chi connectivity index (χ0) is 15.2. The molecule has 1 aromatic rings. The lowest BCUT2D eigenvalue weighted by atomic mass is 10.00. The molecule has 114 valence electrons. The van der Waals surface area contributed by atoms with Gasteiger partial charge in [-0.15, -0.1) is 11.3 Å². The van der Waals surface area contributed by atoms with Gasteiger partial charge in [0, 0.05) is 6.54 Å². The van der Waals surface area contributed by atoms with E-state index in [0.29, 0.717) is 12.5 Å². The Morgan fingerprint density at radius 2 is 2.10 bits per heavy atom. The molecule has 1 aromatic heterocycles. The third-order valence-electron chi connectivity index (χ3n) is 3.16. The Kier molecular flexibility index (Phi) is 6.64. The van der Waals surface area contributed by atoms with Gasteiger partial charge in [0.2, 0.25) is 10.0 Å². The first kappa shape index (κ1) is 17.1. The Hall–Kier alpha value is -0.920. The Balaban J connectivity index is 2.66. The number of aromatic carboxylic acids is 1. The maximum atomic E-state index is 12.1. The summed E-state index contributed by atoms with van der Waals surface area (Å²) in [5.41, 5.74) is 0. The molecule has 1 rings (SSSR count). The largest absolute Gasteiger partial charge is 0.477 e. The van der Waals surface area contributed by atoms with Gasteiger partial charge in [0.1, 0.15) is 9.09 Å². The van der Waals surface area contributed by atoms with Gasteiger partial charge >= 0.3 is 5.97 Å². The molecule has 0 aliphatic rings. The first-order chi connectivity index (χ1) is 9.40. The molecule has 0 aliphatic heterocycles. The van der Waals surface area contributed by atoms with E-state index in [1.165, 1.54) is 12.1 Å². The second-order valence-electron chi connectivity index (χ2n) is 4.69. The average Bonchev–Trinajstić information content (AvgIpc) is 2.89. The Labute approximate surface area is 124 Å². The van der Waals surface area contributed by atoms with Crippen LogP contribution >= 0.6 is 11.3 Å². The number of thiophene rings is 1. The minimum absolute atomic E-state index is 0.0309. The van der Waals surface area contributed by atoms with Gasteiger partial charge in [-0.05, 0) is 24.5 Å². The van der Waals surface area contributed by atoms with Crippen LogP contribution in [0.5, 0.6) is 0 Å². The van der Waals surface area contributed by atoms with Crippen LogP contribution < -0.4 is 4.72 Å². The van der Waals surface area contributed by atoms with Crippen molar-refractivity contribution in [2.45, 2.75) is 43.7 Å². The number of nitrogens with one attached hydrogen (secondary N) is 1. The Morgan fingerprint density at radius 3 is 2.60 bits per heavy atom. The molecule has 0 fully saturated rings. The molecule has 0 saturated carbocycles. The molecule has 0 saturated heterocycles. The van der Waals surface area contributed by atoms with E-state index in [1.54, 1.807) is 0 Å². The molecule has 0 bridgehead atoms. The molecule has 0 aromatic carbocycles. The topological polar surface area (TPSA) is 83.5 Å². The molecular formula is C13H21NO4S2. The predicted octanol–water partition coefficient (Wildman–Crippen LogP) is 2.94. The van der Waals surface area contributed by atoms with E-state index in [-0.39, 0.29) is 9.09 Å². The summed E-state index contributed by atoms with van der Waals surface area (Å²) in [7, 11) is -3.60. The summed E-state index contributed by atoms with van der Waals surface area (Å²) >= 11 is 0.775. The molecule has 7 heteroatoms. The highest BCUT2D eigenvalue weighted by molar-refractivity contribution is 7.91. The number of sulfonamides is 1. The van der Waals surface area contributed by atoms with Crippen LogP contribution in [-0.4, -0.2) is 26.0 Å². The minimum Gasteiger partial charge on any atom is -0.477 e. The standard InChI is InChI=1S/C13H21NO4S2/c1-3-5-6-10(4-2)9-14-20(17,18)12-8-7-11(19-12)13(15)16/h7-8,10,14H,3-6,9H2,1-2H3,(H,15,16). The third-order valence-corrected chi connectivity index (χ3v) is 6.15. The van der Waals surface area contributed by atoms with E-state index in [9.17, 15) is 13.2 Å². The van der Waals surface area contributed by atoms with Gasteiger partial charge in [-0.25, -0.2) is 17.9 Å². The van der Waals surface area contributed by atoms with E-state index < -0.39 is 16.0 Å². The molecule has 1 atom stereocenters. The second-order valence-corrected chi connectivity index (χ2v) is 7.77. The summed E-state index contributed by atoms with van der Waals surface area (Å²) in [5, 5.41) is 8.81. The van der Waals surface area contributed by atoms with Crippen molar-refractivity contribution in [1.29, 1.82) is 0 Å². The van der Waals surface area contributed by atoms with Gasteiger partial charge in [-0.3, -0.25) is 0 Å². The number of unbranched alkanes of at least 4 members (excludes halogenated alkanes) is 1. The van der Waals surface area contributed by atoms with Crippen molar-refractivity contribution in [1.82, 2.24) is 4.72 Å². The first-order valence-electron chi connectivity index (χ1n) is 6.73. The van der Waals surface area contributed by atoms with E-state index in [2.05, 4.69) is 11.6 Å². The highest BCUT2D eigenvalue weighted by atomic mass is 32.2. The fourth-order valence-corrected chi connectivity index (χ4v) is 4.13. The molecule has 0 amide bonds. The molecule has 5 nitrogen and oxygen atoms in total. The maximum absolute atomic E-state index is 12.1. The van der Waals surface area contributed by atoms with Crippen LogP contribution in [0.25, 0.3) is 0 Å². The number of hydrogen-bond donors (Lipinski definition) is 2. The van der Waals surface area contributed by atoms with E-state index in [4.69, 9.17) is 5.11 Å². The molecule has 0 spiro atoms. The molecule has 1 unspecified atom stereocenters. The molecule has 20 heavy (non-hydrogen) atoms. The smallest absolute Gasteiger partial charge is 0.345 e. The number of carbonyl (C=O) groups is 1. The zero-order valence-electron chi connectivity index (χ0n) is 11.8. The minimum atomic E-state index is -3.60. The molecular weight excluding hydrogens is 298 g/mol. The van der Waals surface area contributed by atoms with Crippen molar-refractivity contribution in [3.8, 4) is 0 Å². The molecule has 0 radical (unpaired) electrons. The first-order valence-corrected chi connectivity index (χ1v) is 9.03. The molecule has 1 heterocycles. The van der Waals surface area contributed by atoms with Gasteiger partial charge < -0.3 is 5.11 Å². The molecule has 2 N–H and O–H groups in total. The number of hydrogen-bond acceptors (Lipinski definition) is 4. The SMILES string of the molecule is CCCCC(CC)CNS(=O)(=O)c1ccc(C(=O)O)s1. The van der Waals surface area contributed by atoms with Crippen LogP contribution in [0.1, 0.15) is 49.2 Å². The normalized spacial score (nSPS) is 13.3. The van der Waals surface area contributed by atoms with Gasteiger partial charge in [-0.2, -0.15) is 0 Å². The van der Waals surface area contributed by atoms with Crippen molar-refractivity contribution < 1.29 is 18.3 Å². The lowest BCUT2D eigenvalue weighted by molar-refractivity contribution is 0.0702. The average molecular weight is 319 g/mol. The summed E-state index contributed by atoms with van der Waals surface area (Å²) < 4.78 is 26.8. The lowest BCUT2D eigenvalue weighted by Crippen LogP contribution is -2.28. The van der Waals surface area contributed by atoms with Gasteiger partial charge in [0.05, 0.1) is 0 Å². The summed E-state index contributed by atoms with van der Waals surface area (Å²) in [6.45, 7) is 4.55. The van der Waals surface area contributed by atoms with Crippen LogP contribution in [0.4, 0.5) is 0 Å². The highest BCUT2D eigenvalue weighted by Gasteiger charge is 2.20. The molecule has 0 aliphatic carbocycles. The third kappa shape index (κ3) is 4.88. The number of rotatable bonds is 9. The summed E-state index contributed by atoms with van der Waals surface area (Å²) in [5.74, 6) is -0.783. The predicted molar refractivity (Wildman–Crippen MR) is 79.8 cm³/mol.